The molecule has 0 atom stereocenters. The maximum Gasteiger partial charge on any atom is 0.243 e. The van der Waals surface area contributed by atoms with Crippen LogP contribution in [-0.4, -0.2) is 79.2 Å². The smallest absolute Gasteiger partial charge is 0.243 e. The van der Waals surface area contributed by atoms with Crippen molar-refractivity contribution < 1.29 is 17.6 Å². The Morgan fingerprint density at radius 1 is 0.971 bits per heavy atom. The van der Waals surface area contributed by atoms with Gasteiger partial charge in [-0.1, -0.05) is 24.3 Å². The second-order valence-electron chi connectivity index (χ2n) is 8.70. The molecule has 5 rings (SSSR count). The number of para-hydroxylation sites is 1. The molecule has 0 saturated carbocycles. The third kappa shape index (κ3) is 4.51. The molecule has 1 N–H and O–H groups in total. The van der Waals surface area contributed by atoms with Gasteiger partial charge in [-0.2, -0.15) is 4.31 Å². The Hall–Kier alpha value is -3.01. The first kappa shape index (κ1) is 22.8. The average molecular weight is 483 g/mol. The Morgan fingerprint density at radius 2 is 1.71 bits per heavy atom. The number of amides is 1. The molecule has 178 valence electrons. The summed E-state index contributed by atoms with van der Waals surface area (Å²) in [5.41, 5.74) is 3.56. The van der Waals surface area contributed by atoms with Crippen LogP contribution in [0.2, 0.25) is 0 Å². The van der Waals surface area contributed by atoms with Crippen LogP contribution in [0.3, 0.4) is 0 Å². The predicted octanol–water partition coefficient (Wildman–Crippen LogP) is 2.93. The van der Waals surface area contributed by atoms with Crippen molar-refractivity contribution in [2.24, 2.45) is 0 Å². The van der Waals surface area contributed by atoms with E-state index in [9.17, 15) is 17.6 Å². The zero-order chi connectivity index (χ0) is 23.7. The van der Waals surface area contributed by atoms with Crippen LogP contribution in [0.5, 0.6) is 0 Å². The number of piperazine rings is 1. The second-order valence-corrected chi connectivity index (χ2v) is 10.6. The number of nitrogens with zero attached hydrogens (tertiary/aromatic N) is 3. The van der Waals surface area contributed by atoms with Crippen LogP contribution >= 0.6 is 0 Å². The maximum absolute atomic E-state index is 13.1. The van der Waals surface area contributed by atoms with Crippen molar-refractivity contribution in [1.29, 1.82) is 0 Å². The van der Waals surface area contributed by atoms with Gasteiger partial charge in [0.25, 0.3) is 0 Å². The molecule has 2 aliphatic heterocycles. The van der Waals surface area contributed by atoms with Crippen LogP contribution in [0.4, 0.5) is 4.39 Å². The Labute approximate surface area is 198 Å². The summed E-state index contributed by atoms with van der Waals surface area (Å²) >= 11 is 0. The van der Waals surface area contributed by atoms with Crippen LogP contribution in [-0.2, 0) is 14.8 Å². The molecule has 0 aliphatic carbocycles. The van der Waals surface area contributed by atoms with Crippen LogP contribution < -0.4 is 0 Å². The summed E-state index contributed by atoms with van der Waals surface area (Å²) in [5.74, 6) is -0.410. The summed E-state index contributed by atoms with van der Waals surface area (Å²) in [6.45, 7) is 3.10. The molecular formula is C25H27FN4O3S. The molecule has 1 saturated heterocycles. The van der Waals surface area contributed by atoms with Gasteiger partial charge in [0.1, 0.15) is 5.82 Å². The second kappa shape index (κ2) is 9.32. The van der Waals surface area contributed by atoms with Gasteiger partial charge in [0.05, 0.1) is 11.4 Å². The van der Waals surface area contributed by atoms with E-state index in [1.807, 2.05) is 28.1 Å². The molecule has 2 aliphatic rings. The number of hydrogen-bond donors (Lipinski definition) is 1. The molecule has 3 aromatic rings. The third-order valence-corrected chi connectivity index (χ3v) is 8.55. The number of carbonyl (C=O) groups is 1. The Kier molecular flexibility index (Phi) is 6.24. The molecule has 0 radical (unpaired) electrons. The van der Waals surface area contributed by atoms with Gasteiger partial charge in [-0.25, -0.2) is 12.8 Å². The van der Waals surface area contributed by atoms with Crippen molar-refractivity contribution in [2.45, 2.75) is 11.3 Å². The number of hydrogen-bond acceptors (Lipinski definition) is 4. The van der Waals surface area contributed by atoms with Crippen LogP contribution in [0.25, 0.3) is 16.5 Å². The molecule has 1 amide bonds. The number of rotatable bonds is 5. The Balaban J connectivity index is 1.15. The highest BCUT2D eigenvalue weighted by Crippen LogP contribution is 2.29. The minimum atomic E-state index is -3.66. The summed E-state index contributed by atoms with van der Waals surface area (Å²) in [7, 11) is -3.66. The first-order chi connectivity index (χ1) is 16.4. The standard InChI is InChI=1S/C25H27FN4O3S/c26-20-5-7-21(8-6-20)34(32,33)30-15-13-28(14-16-30)18-25(31)29-11-9-19(10-12-29)23-17-27-24-4-2-1-3-22(23)24/h1-9,17,27H,10-16,18H2. The molecule has 3 heterocycles. The summed E-state index contributed by atoms with van der Waals surface area (Å²) in [4.78, 5) is 20.1. The lowest BCUT2D eigenvalue weighted by atomic mass is 9.99. The number of H-pyrrole nitrogens is 1. The number of fused-ring (bicyclic) bond motifs is 1. The third-order valence-electron chi connectivity index (χ3n) is 6.64. The van der Waals surface area contributed by atoms with Crippen molar-refractivity contribution in [3.05, 3.63) is 72.2 Å². The number of carbonyl (C=O) groups excluding carboxylic acids is 1. The van der Waals surface area contributed by atoms with Gasteiger partial charge in [0.2, 0.25) is 15.9 Å². The molecule has 9 heteroatoms. The van der Waals surface area contributed by atoms with Gasteiger partial charge in [-0.3, -0.25) is 9.69 Å². The monoisotopic (exact) mass is 482 g/mol. The summed E-state index contributed by atoms with van der Waals surface area (Å²) in [6, 6.07) is 13.1. The Morgan fingerprint density at radius 3 is 2.41 bits per heavy atom. The molecule has 0 spiro atoms. The number of nitrogens with one attached hydrogen (secondary N) is 1. The van der Waals surface area contributed by atoms with Crippen molar-refractivity contribution in [2.75, 3.05) is 45.8 Å². The first-order valence-electron chi connectivity index (χ1n) is 11.4. The molecule has 0 bridgehead atoms. The minimum absolute atomic E-state index is 0.0593. The van der Waals surface area contributed by atoms with Crippen molar-refractivity contribution in [1.82, 2.24) is 19.1 Å². The zero-order valence-corrected chi connectivity index (χ0v) is 19.6. The van der Waals surface area contributed by atoms with E-state index in [2.05, 4.69) is 23.2 Å². The molecule has 7 nitrogen and oxygen atoms in total. The summed E-state index contributed by atoms with van der Waals surface area (Å²) in [6.07, 6.45) is 4.97. The average Bonchev–Trinajstić information content (AvgIpc) is 3.29. The number of halogens is 1. The SMILES string of the molecule is O=C(CN1CCN(S(=O)(=O)c2ccc(F)cc2)CC1)N1CC=C(c2c[nH]c3ccccc23)CC1. The number of aromatic nitrogens is 1. The van der Waals surface area contributed by atoms with Crippen molar-refractivity contribution in [3.63, 3.8) is 0 Å². The normalized spacial score (nSPS) is 18.3. The molecule has 2 aromatic carbocycles. The Bertz CT molecular complexity index is 1330. The fourth-order valence-corrected chi connectivity index (χ4v) is 6.07. The lowest BCUT2D eigenvalue weighted by molar-refractivity contribution is -0.132. The quantitative estimate of drug-likeness (QED) is 0.607. The number of benzene rings is 2. The van der Waals surface area contributed by atoms with Gasteiger partial charge in [0, 0.05) is 61.9 Å². The van der Waals surface area contributed by atoms with Crippen molar-refractivity contribution in [3.8, 4) is 0 Å². The van der Waals surface area contributed by atoms with E-state index in [0.29, 0.717) is 39.3 Å². The molecule has 0 unspecified atom stereocenters. The van der Waals surface area contributed by atoms with Crippen LogP contribution in [0.1, 0.15) is 12.0 Å². The predicted molar refractivity (Wildman–Crippen MR) is 129 cm³/mol. The van der Waals surface area contributed by atoms with Crippen molar-refractivity contribution >= 4 is 32.4 Å². The van der Waals surface area contributed by atoms with Crippen LogP contribution in [0, 0.1) is 5.82 Å². The first-order valence-corrected chi connectivity index (χ1v) is 12.9. The highest BCUT2D eigenvalue weighted by Gasteiger charge is 2.30. The maximum atomic E-state index is 13.1. The van der Waals surface area contributed by atoms with E-state index in [4.69, 9.17) is 0 Å². The zero-order valence-electron chi connectivity index (χ0n) is 18.8. The molecular weight excluding hydrogens is 455 g/mol. The number of sulfonamides is 1. The number of aromatic amines is 1. The molecule has 1 fully saturated rings. The summed E-state index contributed by atoms with van der Waals surface area (Å²) in [5, 5.41) is 1.20. The molecule has 1 aromatic heterocycles. The van der Waals surface area contributed by atoms with Crippen LogP contribution in [0.15, 0.2) is 65.7 Å². The lowest BCUT2D eigenvalue weighted by Crippen LogP contribution is -2.51. The highest BCUT2D eigenvalue weighted by molar-refractivity contribution is 7.89. The van der Waals surface area contributed by atoms with E-state index < -0.39 is 15.8 Å². The van der Waals surface area contributed by atoms with Gasteiger partial charge in [-0.15, -0.1) is 0 Å². The van der Waals surface area contributed by atoms with Gasteiger partial charge in [-0.05, 0) is 42.3 Å². The van der Waals surface area contributed by atoms with E-state index in [1.54, 1.807) is 0 Å². The summed E-state index contributed by atoms with van der Waals surface area (Å²) < 4.78 is 40.1. The molecule has 34 heavy (non-hydrogen) atoms. The minimum Gasteiger partial charge on any atom is -0.361 e. The van der Waals surface area contributed by atoms with E-state index in [0.717, 1.165) is 24.1 Å². The largest absolute Gasteiger partial charge is 0.361 e. The highest BCUT2D eigenvalue weighted by atomic mass is 32.2. The van der Waals surface area contributed by atoms with E-state index in [-0.39, 0.29) is 17.3 Å². The fraction of sp³-hybridized carbons (Fsp3) is 0.320. The van der Waals surface area contributed by atoms with Gasteiger partial charge in [0.15, 0.2) is 0 Å². The van der Waals surface area contributed by atoms with E-state index >= 15 is 0 Å². The van der Waals surface area contributed by atoms with Gasteiger partial charge < -0.3 is 9.88 Å². The lowest BCUT2D eigenvalue weighted by Gasteiger charge is -2.35. The fourth-order valence-electron chi connectivity index (χ4n) is 4.65. The van der Waals surface area contributed by atoms with E-state index in [1.165, 1.54) is 33.0 Å². The van der Waals surface area contributed by atoms with Gasteiger partial charge >= 0.3 is 0 Å². The topological polar surface area (TPSA) is 76.7 Å².